The first-order valence-electron chi connectivity index (χ1n) is 28.1. The molecule has 0 saturated heterocycles. The van der Waals surface area contributed by atoms with E-state index in [2.05, 4.69) is 118 Å². The normalized spacial score (nSPS) is 14.1. The Morgan fingerprint density at radius 2 is 0.722 bits per heavy atom. The topological polar surface area (TPSA) is 155 Å². The van der Waals surface area contributed by atoms with Crippen molar-refractivity contribution in [2.75, 3.05) is 26.4 Å². The molecule has 72 heavy (non-hydrogen) atoms. The van der Waals surface area contributed by atoms with Crippen LogP contribution in [0.2, 0.25) is 0 Å². The Balaban J connectivity index is 4.79. The van der Waals surface area contributed by atoms with Gasteiger partial charge in [-0.15, -0.1) is 0 Å². The van der Waals surface area contributed by atoms with Gasteiger partial charge in [0.2, 0.25) is 0 Å². The molecule has 0 aliphatic carbocycles. The van der Waals surface area contributed by atoms with Crippen molar-refractivity contribution in [3.05, 3.63) is 97.2 Å². The number of phosphoric ester groups is 1. The molecule has 0 heterocycles. The van der Waals surface area contributed by atoms with Crippen molar-refractivity contribution < 1.29 is 52.2 Å². The van der Waals surface area contributed by atoms with Crippen LogP contribution in [-0.2, 0) is 42.2 Å². The highest BCUT2D eigenvalue weighted by Gasteiger charge is 2.28. The average molecular weight is 1030 g/mol. The van der Waals surface area contributed by atoms with Crippen LogP contribution in [0.15, 0.2) is 97.2 Å². The maximum absolute atomic E-state index is 12.9. The van der Waals surface area contributed by atoms with E-state index in [-0.39, 0.29) is 25.9 Å². The molecule has 2 N–H and O–H groups in total. The Morgan fingerprint density at radius 3 is 1.11 bits per heavy atom. The van der Waals surface area contributed by atoms with E-state index in [4.69, 9.17) is 23.3 Å². The van der Waals surface area contributed by atoms with Gasteiger partial charge in [0.05, 0.1) is 19.8 Å². The number of esters is 3. The molecule has 0 aromatic heterocycles. The van der Waals surface area contributed by atoms with Crippen LogP contribution < -0.4 is 0 Å². The molecule has 3 unspecified atom stereocenters. The zero-order chi connectivity index (χ0) is 52.7. The number of unbranched alkanes of at least 4 members (excludes halogenated alkanes) is 18. The van der Waals surface area contributed by atoms with E-state index in [1.807, 2.05) is 0 Å². The van der Waals surface area contributed by atoms with Gasteiger partial charge in [0.15, 0.2) is 6.10 Å². The first-order valence-corrected chi connectivity index (χ1v) is 29.6. The molecule has 0 aliphatic heterocycles. The zero-order valence-corrected chi connectivity index (χ0v) is 46.3. The lowest BCUT2D eigenvalue weighted by Gasteiger charge is -2.21. The molecule has 0 fully saturated rings. The van der Waals surface area contributed by atoms with Crippen molar-refractivity contribution in [2.45, 2.75) is 238 Å². The Bertz CT molecular complexity index is 1580. The van der Waals surface area contributed by atoms with Crippen LogP contribution >= 0.6 is 7.82 Å². The molecule has 0 radical (unpaired) electrons. The number of rotatable bonds is 51. The van der Waals surface area contributed by atoms with E-state index < -0.39 is 57.8 Å². The first kappa shape index (κ1) is 68.4. The Hall–Kier alpha value is -3.60. The van der Waals surface area contributed by atoms with Gasteiger partial charge in [0.25, 0.3) is 0 Å². The number of carbonyl (C=O) groups is 3. The van der Waals surface area contributed by atoms with Gasteiger partial charge in [-0.3, -0.25) is 23.4 Å². The summed E-state index contributed by atoms with van der Waals surface area (Å²) in [6.45, 7) is 4.34. The van der Waals surface area contributed by atoms with Crippen LogP contribution in [0.4, 0.5) is 0 Å². The second-order valence-corrected chi connectivity index (χ2v) is 19.8. The monoisotopic (exact) mass is 1030 g/mol. The SMILES string of the molecule is CC/C=C\C/C=C\C/C=C\C/C=C\CCCCCCCCC(=O)OCC(COP(=O)(O)OCC(CO)OC(=O)CCCCCCCCCCC)OC(=O)CCCCCC/C=C\C/C=C\C/C=C\C/C=C\CC. The number of carbonyl (C=O) groups excluding carboxylic acids is 3. The van der Waals surface area contributed by atoms with Crippen LogP contribution in [0.5, 0.6) is 0 Å². The van der Waals surface area contributed by atoms with Crippen LogP contribution in [-0.4, -0.2) is 66.5 Å². The lowest BCUT2D eigenvalue weighted by atomic mass is 10.1. The van der Waals surface area contributed by atoms with E-state index in [1.165, 1.54) is 32.1 Å². The second kappa shape index (κ2) is 53.7. The third-order valence-corrected chi connectivity index (χ3v) is 12.5. The predicted molar refractivity (Wildman–Crippen MR) is 297 cm³/mol. The standard InChI is InChI=1S/C60H101O11P/c1-4-7-10-13-16-19-21-23-25-27-28-30-31-33-35-38-40-43-46-49-58(62)67-53-57(71-60(64)51-48-45-42-39-36-34-32-29-26-24-22-20-17-14-11-8-5-2)55-69-72(65,66)68-54-56(52-61)70-59(63)50-47-44-41-37-18-15-12-9-6-3/h7-8,10-11,16-17,19-20,23-26,28,30,32,34,56-57,61H,4-6,9,12-15,18,21-22,27,29,31,33,35-55H2,1-3H3,(H,65,66)/b10-7-,11-8-,19-16-,20-17-,25-23-,26-24-,30-28-,34-32-. The number of aliphatic hydroxyl groups excluding tert-OH is 1. The summed E-state index contributed by atoms with van der Waals surface area (Å²) in [5, 5.41) is 9.77. The Labute approximate surface area is 438 Å². The number of hydrogen-bond donors (Lipinski definition) is 2. The third-order valence-electron chi connectivity index (χ3n) is 11.5. The maximum atomic E-state index is 12.9. The van der Waals surface area contributed by atoms with Crippen molar-refractivity contribution in [3.8, 4) is 0 Å². The molecule has 3 atom stereocenters. The predicted octanol–water partition coefficient (Wildman–Crippen LogP) is 16.5. The molecule has 0 spiro atoms. The summed E-state index contributed by atoms with van der Waals surface area (Å²) in [6, 6.07) is 0. The largest absolute Gasteiger partial charge is 0.472 e. The minimum atomic E-state index is -4.76. The third kappa shape index (κ3) is 51.3. The molecule has 0 aromatic carbocycles. The van der Waals surface area contributed by atoms with Gasteiger partial charge in [0, 0.05) is 19.3 Å². The molecular formula is C60H101O11P. The van der Waals surface area contributed by atoms with Crippen molar-refractivity contribution in [1.29, 1.82) is 0 Å². The number of allylic oxidation sites excluding steroid dienone is 16. The van der Waals surface area contributed by atoms with E-state index in [0.29, 0.717) is 19.3 Å². The molecule has 0 bridgehead atoms. The first-order chi connectivity index (χ1) is 35.2. The van der Waals surface area contributed by atoms with Gasteiger partial charge in [-0.1, -0.05) is 208 Å². The average Bonchev–Trinajstić information content (AvgIpc) is 3.37. The Morgan fingerprint density at radius 1 is 0.403 bits per heavy atom. The molecule has 412 valence electrons. The van der Waals surface area contributed by atoms with Crippen LogP contribution in [0.3, 0.4) is 0 Å². The number of hydrogen-bond acceptors (Lipinski definition) is 10. The molecule has 11 nitrogen and oxygen atoms in total. The van der Waals surface area contributed by atoms with E-state index in [9.17, 15) is 28.9 Å². The maximum Gasteiger partial charge on any atom is 0.472 e. The fraction of sp³-hybridized carbons (Fsp3) is 0.683. The highest BCUT2D eigenvalue weighted by Crippen LogP contribution is 2.43. The molecular weight excluding hydrogens is 928 g/mol. The fourth-order valence-corrected chi connectivity index (χ4v) is 8.06. The molecule has 0 aliphatic rings. The zero-order valence-electron chi connectivity index (χ0n) is 45.4. The highest BCUT2D eigenvalue weighted by atomic mass is 31.2. The van der Waals surface area contributed by atoms with Crippen molar-refractivity contribution in [2.24, 2.45) is 0 Å². The van der Waals surface area contributed by atoms with Crippen molar-refractivity contribution in [3.63, 3.8) is 0 Å². The number of aliphatic hydroxyl groups is 1. The van der Waals surface area contributed by atoms with Gasteiger partial charge < -0.3 is 24.2 Å². The summed E-state index contributed by atoms with van der Waals surface area (Å²) in [6.07, 6.45) is 62.3. The van der Waals surface area contributed by atoms with Gasteiger partial charge in [-0.2, -0.15) is 0 Å². The number of phosphoric acid groups is 1. The van der Waals surface area contributed by atoms with Crippen molar-refractivity contribution >= 4 is 25.7 Å². The van der Waals surface area contributed by atoms with E-state index in [0.717, 1.165) is 135 Å². The summed E-state index contributed by atoms with van der Waals surface area (Å²) < 4.78 is 39.4. The summed E-state index contributed by atoms with van der Waals surface area (Å²) >= 11 is 0. The van der Waals surface area contributed by atoms with Gasteiger partial charge in [0.1, 0.15) is 12.7 Å². The lowest BCUT2D eigenvalue weighted by molar-refractivity contribution is -0.161. The lowest BCUT2D eigenvalue weighted by Crippen LogP contribution is -2.30. The van der Waals surface area contributed by atoms with E-state index >= 15 is 0 Å². The summed E-state index contributed by atoms with van der Waals surface area (Å²) in [5.74, 6) is -1.52. The van der Waals surface area contributed by atoms with Gasteiger partial charge in [-0.05, 0) is 96.3 Å². The molecule has 0 amide bonds. The van der Waals surface area contributed by atoms with Crippen LogP contribution in [0, 0.1) is 0 Å². The minimum Gasteiger partial charge on any atom is -0.462 e. The second-order valence-electron chi connectivity index (χ2n) is 18.3. The minimum absolute atomic E-state index is 0.133. The summed E-state index contributed by atoms with van der Waals surface area (Å²) in [4.78, 5) is 48.4. The van der Waals surface area contributed by atoms with Gasteiger partial charge >= 0.3 is 25.7 Å². The van der Waals surface area contributed by atoms with Gasteiger partial charge in [-0.25, -0.2) is 4.57 Å². The van der Waals surface area contributed by atoms with Crippen LogP contribution in [0.25, 0.3) is 0 Å². The Kier molecular flexibility index (Phi) is 51.0. The van der Waals surface area contributed by atoms with Crippen LogP contribution in [0.1, 0.15) is 226 Å². The quantitative estimate of drug-likeness (QED) is 0.0197. The number of ether oxygens (including phenoxy) is 3. The van der Waals surface area contributed by atoms with Crippen molar-refractivity contribution in [1.82, 2.24) is 0 Å². The fourth-order valence-electron chi connectivity index (χ4n) is 7.28. The summed E-state index contributed by atoms with van der Waals surface area (Å²) in [7, 11) is -4.76. The van der Waals surface area contributed by atoms with E-state index in [1.54, 1.807) is 0 Å². The molecule has 12 heteroatoms. The summed E-state index contributed by atoms with van der Waals surface area (Å²) in [5.41, 5.74) is 0. The highest BCUT2D eigenvalue weighted by molar-refractivity contribution is 7.47. The molecule has 0 saturated carbocycles. The molecule has 0 rings (SSSR count). The molecule has 0 aromatic rings. The smallest absolute Gasteiger partial charge is 0.462 e.